The fourth-order valence-electron chi connectivity index (χ4n) is 0.659. The summed E-state index contributed by atoms with van der Waals surface area (Å²) in [7, 11) is 0. The van der Waals surface area contributed by atoms with Crippen molar-refractivity contribution in [3.8, 4) is 0 Å². The van der Waals surface area contributed by atoms with Gasteiger partial charge in [-0.2, -0.15) is 0 Å². The minimum absolute atomic E-state index is 0.169. The second-order valence-electron chi connectivity index (χ2n) is 1.95. The quantitative estimate of drug-likeness (QED) is 0.405. The second-order valence-corrected chi connectivity index (χ2v) is 2.64. The molecule has 0 aliphatic heterocycles. The van der Waals surface area contributed by atoms with Crippen molar-refractivity contribution in [3.63, 3.8) is 0 Å². The number of hydrogen-bond acceptors (Lipinski definition) is 2. The fraction of sp³-hybridized carbons (Fsp3) is 0.143. The van der Waals surface area contributed by atoms with Crippen LogP contribution in [0.25, 0.3) is 0 Å². The van der Waals surface area contributed by atoms with Crippen molar-refractivity contribution in [2.75, 3.05) is 0 Å². The third-order valence-corrected chi connectivity index (χ3v) is 1.66. The molecule has 0 aliphatic rings. The van der Waals surface area contributed by atoms with Crippen LogP contribution in [0.2, 0.25) is 10.4 Å². The normalized spacial score (nSPS) is 9.64. The maximum atomic E-state index is 5.72. The maximum Gasteiger partial charge on any atom is 0.223 e. The Morgan fingerprint density at radius 1 is 1.55 bits per heavy atom. The van der Waals surface area contributed by atoms with Crippen molar-refractivity contribution < 1.29 is 0 Å². The van der Waals surface area contributed by atoms with E-state index in [2.05, 4.69) is 16.5 Å². The van der Waals surface area contributed by atoms with Crippen molar-refractivity contribution in [1.82, 2.24) is 9.97 Å². The van der Waals surface area contributed by atoms with E-state index in [4.69, 9.17) is 23.2 Å². The average Bonchev–Trinajstić information content (AvgIpc) is 1.95. The Hall–Kier alpha value is -0.600. The van der Waals surface area contributed by atoms with Gasteiger partial charge in [0.25, 0.3) is 0 Å². The summed E-state index contributed by atoms with van der Waals surface area (Å²) in [4.78, 5) is 7.54. The largest absolute Gasteiger partial charge is 0.226 e. The molecule has 0 N–H and O–H groups in total. The molecule has 0 unspecified atom stereocenters. The molecule has 1 aromatic heterocycles. The predicted octanol–water partition coefficient (Wildman–Crippen LogP) is 2.51. The summed E-state index contributed by atoms with van der Waals surface area (Å²) < 4.78 is 0. The van der Waals surface area contributed by atoms with Crippen LogP contribution < -0.4 is 0 Å². The van der Waals surface area contributed by atoms with E-state index >= 15 is 0 Å². The van der Waals surface area contributed by atoms with Crippen LogP contribution in [0.4, 0.5) is 0 Å². The molecular weight excluding hydrogens is 183 g/mol. The molecule has 1 rings (SSSR count). The molecule has 2 nitrogen and oxygen atoms in total. The molecule has 1 heterocycles. The van der Waals surface area contributed by atoms with Crippen LogP contribution >= 0.6 is 23.2 Å². The molecule has 0 saturated heterocycles. The minimum atomic E-state index is 0.169. The third kappa shape index (κ3) is 2.17. The molecule has 0 saturated carbocycles. The van der Waals surface area contributed by atoms with Crippen molar-refractivity contribution in [2.45, 2.75) is 6.42 Å². The lowest BCUT2D eigenvalue weighted by Crippen LogP contribution is -1.89. The second kappa shape index (κ2) is 3.69. The van der Waals surface area contributed by atoms with Crippen LogP contribution in [0.3, 0.4) is 0 Å². The van der Waals surface area contributed by atoms with E-state index < -0.39 is 0 Å². The van der Waals surface area contributed by atoms with Crippen molar-refractivity contribution in [1.29, 1.82) is 0 Å². The third-order valence-electron chi connectivity index (χ3n) is 1.15. The summed E-state index contributed by atoms with van der Waals surface area (Å²) in [6.45, 7) is 3.57. The highest BCUT2D eigenvalue weighted by atomic mass is 35.5. The SMILES string of the molecule is C=CCc1cnc(Cl)nc1Cl. The number of hydrogen-bond donors (Lipinski definition) is 0. The lowest BCUT2D eigenvalue weighted by atomic mass is 10.2. The number of halogens is 2. The Morgan fingerprint density at radius 2 is 2.27 bits per heavy atom. The van der Waals surface area contributed by atoms with Gasteiger partial charge in [0.15, 0.2) is 0 Å². The van der Waals surface area contributed by atoms with Crippen molar-refractivity contribution >= 4 is 23.2 Å². The van der Waals surface area contributed by atoms with Crippen LogP contribution in [-0.2, 0) is 6.42 Å². The molecule has 1 aromatic rings. The molecule has 0 atom stereocenters. The molecule has 0 spiro atoms. The number of aromatic nitrogens is 2. The van der Waals surface area contributed by atoms with Crippen molar-refractivity contribution in [3.05, 3.63) is 34.9 Å². The Bertz CT molecular complexity index is 273. The summed E-state index contributed by atoms with van der Waals surface area (Å²) in [6, 6.07) is 0. The van der Waals surface area contributed by atoms with Crippen LogP contribution in [-0.4, -0.2) is 9.97 Å². The summed E-state index contributed by atoms with van der Waals surface area (Å²) in [6.07, 6.45) is 3.99. The topological polar surface area (TPSA) is 25.8 Å². The van der Waals surface area contributed by atoms with E-state index in [0.717, 1.165) is 5.56 Å². The Kier molecular flexibility index (Phi) is 2.85. The monoisotopic (exact) mass is 188 g/mol. The van der Waals surface area contributed by atoms with Gasteiger partial charge in [-0.15, -0.1) is 6.58 Å². The van der Waals surface area contributed by atoms with Crippen LogP contribution in [0.5, 0.6) is 0 Å². The van der Waals surface area contributed by atoms with Gasteiger partial charge >= 0.3 is 0 Å². The molecule has 11 heavy (non-hydrogen) atoms. The first-order valence-corrected chi connectivity index (χ1v) is 3.77. The number of allylic oxidation sites excluding steroid dienone is 1. The zero-order valence-electron chi connectivity index (χ0n) is 5.72. The molecule has 4 heteroatoms. The van der Waals surface area contributed by atoms with Gasteiger partial charge in [0, 0.05) is 11.8 Å². The molecule has 0 amide bonds. The van der Waals surface area contributed by atoms with Crippen molar-refractivity contribution in [2.24, 2.45) is 0 Å². The van der Waals surface area contributed by atoms with E-state index in [-0.39, 0.29) is 5.28 Å². The van der Waals surface area contributed by atoms with Crippen LogP contribution in [0, 0.1) is 0 Å². The van der Waals surface area contributed by atoms with Gasteiger partial charge in [-0.3, -0.25) is 0 Å². The van der Waals surface area contributed by atoms with Gasteiger partial charge in [-0.1, -0.05) is 17.7 Å². The summed E-state index contributed by atoms with van der Waals surface area (Å²) in [5.41, 5.74) is 0.839. The Labute approximate surface area is 74.9 Å². The lowest BCUT2D eigenvalue weighted by molar-refractivity contribution is 1.09. The molecule has 0 aromatic carbocycles. The van der Waals surface area contributed by atoms with Gasteiger partial charge in [-0.25, -0.2) is 9.97 Å². The highest BCUT2D eigenvalue weighted by Crippen LogP contribution is 2.14. The highest BCUT2D eigenvalue weighted by Gasteiger charge is 2.00. The zero-order valence-corrected chi connectivity index (χ0v) is 7.23. The molecule has 0 aliphatic carbocycles. The first-order valence-electron chi connectivity index (χ1n) is 3.02. The van der Waals surface area contributed by atoms with Gasteiger partial charge in [0.05, 0.1) is 0 Å². The molecule has 58 valence electrons. The molecular formula is C7H6Cl2N2. The zero-order chi connectivity index (χ0) is 8.27. The minimum Gasteiger partial charge on any atom is -0.226 e. The molecule has 0 fully saturated rings. The van der Waals surface area contributed by atoms with E-state index in [9.17, 15) is 0 Å². The standard InChI is InChI=1S/C7H6Cl2N2/c1-2-3-5-4-10-7(9)11-6(5)8/h2,4H,1,3H2. The maximum absolute atomic E-state index is 5.72. The Morgan fingerprint density at radius 3 is 2.82 bits per heavy atom. The van der Waals surface area contributed by atoms with Gasteiger partial charge in [0.1, 0.15) is 5.15 Å². The van der Waals surface area contributed by atoms with E-state index in [1.807, 2.05) is 0 Å². The van der Waals surface area contributed by atoms with Gasteiger partial charge in [-0.05, 0) is 18.0 Å². The average molecular weight is 189 g/mol. The Balaban J connectivity index is 2.98. The number of nitrogens with zero attached hydrogens (tertiary/aromatic N) is 2. The number of rotatable bonds is 2. The molecule has 0 bridgehead atoms. The lowest BCUT2D eigenvalue weighted by Gasteiger charge is -1.97. The fourth-order valence-corrected chi connectivity index (χ4v) is 1.04. The van der Waals surface area contributed by atoms with E-state index in [1.54, 1.807) is 12.3 Å². The molecule has 0 radical (unpaired) electrons. The van der Waals surface area contributed by atoms with Gasteiger partial charge < -0.3 is 0 Å². The van der Waals surface area contributed by atoms with Crippen LogP contribution in [0.1, 0.15) is 5.56 Å². The smallest absolute Gasteiger partial charge is 0.223 e. The summed E-state index contributed by atoms with van der Waals surface area (Å²) >= 11 is 11.2. The first kappa shape index (κ1) is 8.50. The van der Waals surface area contributed by atoms with Gasteiger partial charge in [0.2, 0.25) is 5.28 Å². The summed E-state index contributed by atoms with van der Waals surface area (Å²) in [5, 5.41) is 0.563. The predicted molar refractivity (Wildman–Crippen MR) is 46.0 cm³/mol. The van der Waals surface area contributed by atoms with Crippen LogP contribution in [0.15, 0.2) is 18.9 Å². The van der Waals surface area contributed by atoms with E-state index in [0.29, 0.717) is 11.6 Å². The first-order chi connectivity index (χ1) is 5.24. The summed E-state index contributed by atoms with van der Waals surface area (Å²) in [5.74, 6) is 0. The highest BCUT2D eigenvalue weighted by molar-refractivity contribution is 6.32. The van der Waals surface area contributed by atoms with E-state index in [1.165, 1.54) is 0 Å².